The summed E-state index contributed by atoms with van der Waals surface area (Å²) in [5.74, 6) is 1.31. The molecule has 132 valence electrons. The van der Waals surface area contributed by atoms with E-state index in [0.717, 1.165) is 22.4 Å². The zero-order valence-corrected chi connectivity index (χ0v) is 14.6. The van der Waals surface area contributed by atoms with E-state index in [2.05, 4.69) is 17.4 Å². The second-order valence-corrected chi connectivity index (χ2v) is 5.80. The van der Waals surface area contributed by atoms with Crippen LogP contribution in [-0.2, 0) is 11.3 Å². The average Bonchev–Trinajstić information content (AvgIpc) is 2.72. The van der Waals surface area contributed by atoms with Crippen LogP contribution in [0.5, 0.6) is 11.5 Å². The van der Waals surface area contributed by atoms with E-state index in [-0.39, 0.29) is 12.5 Å². The maximum Gasteiger partial charge on any atom is 0.258 e. The van der Waals surface area contributed by atoms with E-state index < -0.39 is 0 Å². The molecule has 0 aliphatic carbocycles. The summed E-state index contributed by atoms with van der Waals surface area (Å²) in [5, 5.41) is 2.84. The highest BCUT2D eigenvalue weighted by Crippen LogP contribution is 2.22. The van der Waals surface area contributed by atoms with Gasteiger partial charge < -0.3 is 14.8 Å². The molecule has 0 spiro atoms. The molecule has 0 aliphatic heterocycles. The second kappa shape index (κ2) is 8.72. The van der Waals surface area contributed by atoms with Crippen LogP contribution in [0.1, 0.15) is 5.56 Å². The summed E-state index contributed by atoms with van der Waals surface area (Å²) in [5.41, 5.74) is 3.27. The summed E-state index contributed by atoms with van der Waals surface area (Å²) in [6.45, 7) is 0.444. The number of ether oxygens (including phenoxy) is 2. The predicted octanol–water partition coefficient (Wildman–Crippen LogP) is 4.06. The molecule has 0 fully saturated rings. The van der Waals surface area contributed by atoms with Gasteiger partial charge in [-0.05, 0) is 41.0 Å². The van der Waals surface area contributed by atoms with Crippen molar-refractivity contribution in [3.8, 4) is 22.6 Å². The fraction of sp³-hybridized carbons (Fsp3) is 0.136. The summed E-state index contributed by atoms with van der Waals surface area (Å²) < 4.78 is 10.7. The Kier molecular flexibility index (Phi) is 5.88. The van der Waals surface area contributed by atoms with Crippen molar-refractivity contribution in [2.24, 2.45) is 0 Å². The molecule has 0 saturated carbocycles. The van der Waals surface area contributed by atoms with Crippen LogP contribution >= 0.6 is 0 Å². The van der Waals surface area contributed by atoms with Gasteiger partial charge >= 0.3 is 0 Å². The smallest absolute Gasteiger partial charge is 0.258 e. The molecule has 0 atom stereocenters. The van der Waals surface area contributed by atoms with E-state index in [0.29, 0.717) is 12.3 Å². The Bertz CT molecular complexity index is 828. The fourth-order valence-electron chi connectivity index (χ4n) is 2.52. The van der Waals surface area contributed by atoms with Crippen molar-refractivity contribution in [2.75, 3.05) is 13.7 Å². The van der Waals surface area contributed by atoms with Gasteiger partial charge in [0.25, 0.3) is 5.91 Å². The topological polar surface area (TPSA) is 47.6 Å². The third kappa shape index (κ3) is 4.86. The Hall–Kier alpha value is -3.27. The van der Waals surface area contributed by atoms with Crippen molar-refractivity contribution < 1.29 is 14.3 Å². The fourth-order valence-corrected chi connectivity index (χ4v) is 2.52. The highest BCUT2D eigenvalue weighted by atomic mass is 16.5. The zero-order chi connectivity index (χ0) is 18.2. The first-order chi connectivity index (χ1) is 12.7. The molecule has 0 radical (unpaired) electrons. The lowest BCUT2D eigenvalue weighted by atomic mass is 10.1. The van der Waals surface area contributed by atoms with Crippen LogP contribution in [0.3, 0.4) is 0 Å². The predicted molar refractivity (Wildman–Crippen MR) is 102 cm³/mol. The zero-order valence-electron chi connectivity index (χ0n) is 14.6. The van der Waals surface area contributed by atoms with E-state index in [1.807, 2.05) is 66.7 Å². The van der Waals surface area contributed by atoms with Gasteiger partial charge in [0.05, 0.1) is 7.11 Å². The number of carbonyl (C=O) groups excluding carboxylic acids is 1. The molecule has 0 heterocycles. The van der Waals surface area contributed by atoms with Gasteiger partial charge in [0, 0.05) is 6.54 Å². The number of hydrogen-bond acceptors (Lipinski definition) is 3. The molecule has 0 aliphatic rings. The molecule has 0 unspecified atom stereocenters. The molecule has 3 rings (SSSR count). The van der Waals surface area contributed by atoms with Crippen molar-refractivity contribution in [3.05, 3.63) is 84.4 Å². The van der Waals surface area contributed by atoms with Crippen LogP contribution in [0.15, 0.2) is 78.9 Å². The van der Waals surface area contributed by atoms with Crippen LogP contribution in [0.2, 0.25) is 0 Å². The molecule has 3 aromatic rings. The van der Waals surface area contributed by atoms with E-state index in [1.165, 1.54) is 0 Å². The summed E-state index contributed by atoms with van der Waals surface area (Å²) >= 11 is 0. The number of amides is 1. The van der Waals surface area contributed by atoms with E-state index in [9.17, 15) is 4.79 Å². The number of carbonyl (C=O) groups is 1. The highest BCUT2D eigenvalue weighted by Gasteiger charge is 2.04. The molecule has 0 bridgehead atoms. The van der Waals surface area contributed by atoms with Gasteiger partial charge in [-0.3, -0.25) is 4.79 Å². The van der Waals surface area contributed by atoms with Crippen molar-refractivity contribution in [2.45, 2.75) is 6.54 Å². The van der Waals surface area contributed by atoms with Gasteiger partial charge in [-0.25, -0.2) is 0 Å². The number of rotatable bonds is 7. The van der Waals surface area contributed by atoms with E-state index >= 15 is 0 Å². The third-order valence-corrected chi connectivity index (χ3v) is 3.98. The molecule has 3 aromatic carbocycles. The minimum Gasteiger partial charge on any atom is -0.497 e. The maximum atomic E-state index is 11.9. The summed E-state index contributed by atoms with van der Waals surface area (Å²) in [6.07, 6.45) is 0. The van der Waals surface area contributed by atoms with Gasteiger partial charge in [-0.15, -0.1) is 0 Å². The van der Waals surface area contributed by atoms with Crippen molar-refractivity contribution in [1.29, 1.82) is 0 Å². The van der Waals surface area contributed by atoms with Gasteiger partial charge in [0.1, 0.15) is 11.5 Å². The van der Waals surface area contributed by atoms with E-state index in [1.54, 1.807) is 7.11 Å². The number of nitrogens with one attached hydrogen (secondary N) is 1. The Balaban J connectivity index is 1.46. The lowest BCUT2D eigenvalue weighted by Gasteiger charge is -2.09. The quantitative estimate of drug-likeness (QED) is 0.701. The molecule has 26 heavy (non-hydrogen) atoms. The number of methoxy groups -OCH3 is 1. The monoisotopic (exact) mass is 347 g/mol. The molecule has 4 nitrogen and oxygen atoms in total. The van der Waals surface area contributed by atoms with Crippen molar-refractivity contribution in [1.82, 2.24) is 5.32 Å². The largest absolute Gasteiger partial charge is 0.497 e. The van der Waals surface area contributed by atoms with Crippen LogP contribution < -0.4 is 14.8 Å². The Morgan fingerprint density at radius 1 is 0.808 bits per heavy atom. The Morgan fingerprint density at radius 3 is 2.08 bits per heavy atom. The summed E-state index contributed by atoms with van der Waals surface area (Å²) in [7, 11) is 1.63. The second-order valence-electron chi connectivity index (χ2n) is 5.80. The molecular formula is C22H21NO3. The van der Waals surface area contributed by atoms with Gasteiger partial charge in [-0.1, -0.05) is 54.6 Å². The molecule has 0 aromatic heterocycles. The molecule has 4 heteroatoms. The lowest BCUT2D eigenvalue weighted by Crippen LogP contribution is -2.28. The van der Waals surface area contributed by atoms with Gasteiger partial charge in [0.2, 0.25) is 0 Å². The van der Waals surface area contributed by atoms with Crippen LogP contribution in [0.25, 0.3) is 11.1 Å². The Labute approximate surface area is 153 Å². The number of benzene rings is 3. The minimum atomic E-state index is -0.159. The first kappa shape index (κ1) is 17.5. The van der Waals surface area contributed by atoms with Crippen molar-refractivity contribution >= 4 is 5.91 Å². The van der Waals surface area contributed by atoms with Gasteiger partial charge in [0.15, 0.2) is 6.61 Å². The standard InChI is InChI=1S/C22H21NO3/c1-25-20-11-7-17(8-12-20)15-23-22(24)16-26-21-13-9-19(10-14-21)18-5-3-2-4-6-18/h2-14H,15-16H2,1H3,(H,23,24). The SMILES string of the molecule is COc1ccc(CNC(=O)COc2ccc(-c3ccccc3)cc2)cc1. The van der Waals surface area contributed by atoms with E-state index in [4.69, 9.17) is 9.47 Å². The van der Waals surface area contributed by atoms with Crippen LogP contribution in [-0.4, -0.2) is 19.6 Å². The average molecular weight is 347 g/mol. The Morgan fingerprint density at radius 2 is 1.42 bits per heavy atom. The maximum absolute atomic E-state index is 11.9. The molecular weight excluding hydrogens is 326 g/mol. The lowest BCUT2D eigenvalue weighted by molar-refractivity contribution is -0.123. The highest BCUT2D eigenvalue weighted by molar-refractivity contribution is 5.77. The minimum absolute atomic E-state index is 0.0131. The summed E-state index contributed by atoms with van der Waals surface area (Å²) in [6, 6.07) is 25.4. The molecule has 1 N–H and O–H groups in total. The third-order valence-electron chi connectivity index (χ3n) is 3.98. The summed E-state index contributed by atoms with van der Waals surface area (Å²) in [4.78, 5) is 11.9. The van der Waals surface area contributed by atoms with Crippen LogP contribution in [0, 0.1) is 0 Å². The molecule has 0 saturated heterocycles. The van der Waals surface area contributed by atoms with Crippen LogP contribution in [0.4, 0.5) is 0 Å². The van der Waals surface area contributed by atoms with Crippen molar-refractivity contribution in [3.63, 3.8) is 0 Å². The first-order valence-electron chi connectivity index (χ1n) is 8.42. The normalized spacial score (nSPS) is 10.2. The first-order valence-corrected chi connectivity index (χ1v) is 8.42. The van der Waals surface area contributed by atoms with Gasteiger partial charge in [-0.2, -0.15) is 0 Å². The molecule has 1 amide bonds. The number of hydrogen-bond donors (Lipinski definition) is 1.